The highest BCUT2D eigenvalue weighted by atomic mass is 32.2. The molecule has 2 bridgehead atoms. The number of imide groups is 2. The van der Waals surface area contributed by atoms with Gasteiger partial charge in [0.15, 0.2) is 21.4 Å². The number of carbonyl (C=O) groups excluding carboxylic acids is 5. The van der Waals surface area contributed by atoms with Crippen LogP contribution < -0.4 is 26.4 Å². The van der Waals surface area contributed by atoms with Crippen LogP contribution in [0.25, 0.3) is 11.3 Å². The Labute approximate surface area is 292 Å². The normalized spacial score (nSPS) is 23.5. The highest BCUT2D eigenvalue weighted by Crippen LogP contribution is 2.73. The van der Waals surface area contributed by atoms with Crippen molar-refractivity contribution in [1.82, 2.24) is 25.7 Å². The summed E-state index contributed by atoms with van der Waals surface area (Å²) in [6.45, 7) is 0.193. The van der Waals surface area contributed by atoms with E-state index in [9.17, 15) is 37.5 Å². The zero-order valence-corrected chi connectivity index (χ0v) is 28.1. The lowest BCUT2D eigenvalue weighted by Gasteiger charge is -2.68. The third-order valence-electron chi connectivity index (χ3n) is 10.0. The number of sulfone groups is 1. The number of phenols is 1. The van der Waals surface area contributed by atoms with Gasteiger partial charge in [-0.2, -0.15) is 0 Å². The number of anilines is 2. The first kappa shape index (κ1) is 33.9. The molecule has 3 aromatic rings. The van der Waals surface area contributed by atoms with E-state index in [-0.39, 0.29) is 77.1 Å². The molecule has 1 atom stereocenters. The van der Waals surface area contributed by atoms with Crippen molar-refractivity contribution in [3.63, 3.8) is 0 Å². The first-order valence-corrected chi connectivity index (χ1v) is 18.2. The number of rotatable bonds is 13. The van der Waals surface area contributed by atoms with Crippen molar-refractivity contribution < 1.29 is 42.2 Å². The number of hydrogen-bond donors (Lipinski definition) is 5. The van der Waals surface area contributed by atoms with Gasteiger partial charge >= 0.3 is 0 Å². The van der Waals surface area contributed by atoms with E-state index in [0.717, 1.165) is 4.90 Å². The summed E-state index contributed by atoms with van der Waals surface area (Å²) in [5.74, 6) is -2.85. The van der Waals surface area contributed by atoms with Gasteiger partial charge in [-0.3, -0.25) is 34.2 Å². The number of carbonyl (C=O) groups is 5. The number of nitrogen functional groups attached to an aromatic ring is 1. The van der Waals surface area contributed by atoms with E-state index < -0.39 is 44.9 Å². The molecule has 6 N–H and O–H groups in total. The van der Waals surface area contributed by atoms with Crippen LogP contribution in [-0.2, 0) is 24.2 Å². The second-order valence-electron chi connectivity index (χ2n) is 13.6. The zero-order chi connectivity index (χ0) is 36.1. The molecule has 0 spiro atoms. The zero-order valence-electron chi connectivity index (χ0n) is 27.3. The van der Waals surface area contributed by atoms with Crippen molar-refractivity contribution in [1.29, 1.82) is 0 Å². The molecular weight excluding hydrogens is 682 g/mol. The van der Waals surface area contributed by atoms with Crippen LogP contribution in [0.2, 0.25) is 0 Å². The van der Waals surface area contributed by atoms with E-state index in [0.29, 0.717) is 42.9 Å². The monoisotopic (exact) mass is 717 g/mol. The third-order valence-corrected chi connectivity index (χ3v) is 11.7. The molecule has 16 nitrogen and oxygen atoms in total. The molecule has 51 heavy (non-hydrogen) atoms. The van der Waals surface area contributed by atoms with E-state index in [4.69, 9.17) is 10.5 Å². The van der Waals surface area contributed by atoms with Gasteiger partial charge in [0, 0.05) is 42.2 Å². The molecule has 1 aromatic heterocycles. The lowest BCUT2D eigenvalue weighted by atomic mass is 9.35. The molecule has 4 fully saturated rings. The molecule has 5 amide bonds. The van der Waals surface area contributed by atoms with Crippen LogP contribution in [0.1, 0.15) is 52.8 Å². The smallest absolute Gasteiger partial charge is 0.264 e. The summed E-state index contributed by atoms with van der Waals surface area (Å²) in [5, 5.41) is 26.0. The number of amides is 5. The predicted octanol–water partition coefficient (Wildman–Crippen LogP) is 1.02. The number of aromatic nitrogens is 2. The predicted molar refractivity (Wildman–Crippen MR) is 181 cm³/mol. The number of nitrogens with two attached hydrogens (primary N) is 1. The quantitative estimate of drug-likeness (QED) is 0.155. The van der Waals surface area contributed by atoms with Gasteiger partial charge in [-0.15, -0.1) is 10.2 Å². The van der Waals surface area contributed by atoms with Crippen molar-refractivity contribution in [2.24, 2.45) is 10.8 Å². The van der Waals surface area contributed by atoms with Crippen molar-refractivity contribution >= 4 is 50.9 Å². The third kappa shape index (κ3) is 6.21. The number of piperidine rings is 1. The molecule has 2 aliphatic heterocycles. The largest absolute Gasteiger partial charge is 0.507 e. The van der Waals surface area contributed by atoms with E-state index in [1.165, 1.54) is 6.07 Å². The Balaban J connectivity index is 0.861. The summed E-state index contributed by atoms with van der Waals surface area (Å²) >= 11 is 0. The average molecular weight is 718 g/mol. The van der Waals surface area contributed by atoms with E-state index in [2.05, 4.69) is 26.1 Å². The Morgan fingerprint density at radius 2 is 1.73 bits per heavy atom. The number of aromatic hydroxyl groups is 1. The van der Waals surface area contributed by atoms with E-state index >= 15 is 0 Å². The fraction of sp³-hybridized carbons (Fsp3) is 0.382. The van der Waals surface area contributed by atoms with Crippen molar-refractivity contribution in [3.8, 4) is 22.8 Å². The molecule has 0 radical (unpaired) electrons. The SMILES string of the molecule is Nc1nnc(-c2ccccc2O)cc1OCC12CC(C(=O)NCCS(=O)(=O)CCNc3cccc4c3C(=O)N(C3CCC(=O)NC3=O)C4=O)(C1)C2. The van der Waals surface area contributed by atoms with Gasteiger partial charge in [0.2, 0.25) is 17.7 Å². The van der Waals surface area contributed by atoms with Gasteiger partial charge in [-0.25, -0.2) is 8.42 Å². The van der Waals surface area contributed by atoms with Crippen molar-refractivity contribution in [2.75, 3.05) is 42.3 Å². The number of hydrogen-bond acceptors (Lipinski definition) is 13. The summed E-state index contributed by atoms with van der Waals surface area (Å²) < 4.78 is 31.6. The molecule has 3 aliphatic carbocycles. The minimum Gasteiger partial charge on any atom is -0.507 e. The minimum absolute atomic E-state index is 0.00460. The average Bonchev–Trinajstić information content (AvgIpc) is 3.30. The summed E-state index contributed by atoms with van der Waals surface area (Å²) in [6.07, 6.45) is 1.80. The second kappa shape index (κ2) is 12.6. The Morgan fingerprint density at radius 3 is 2.47 bits per heavy atom. The lowest BCUT2D eigenvalue weighted by molar-refractivity contribution is -0.217. The summed E-state index contributed by atoms with van der Waals surface area (Å²) in [4.78, 5) is 64.0. The number of benzene rings is 2. The van der Waals surface area contributed by atoms with Crippen LogP contribution in [0.3, 0.4) is 0 Å². The van der Waals surface area contributed by atoms with Gasteiger partial charge < -0.3 is 26.2 Å². The van der Waals surface area contributed by atoms with Crippen LogP contribution in [0.5, 0.6) is 11.5 Å². The molecule has 17 heteroatoms. The topological polar surface area (TPSA) is 240 Å². The molecule has 1 saturated heterocycles. The van der Waals surface area contributed by atoms with E-state index in [1.54, 1.807) is 42.5 Å². The van der Waals surface area contributed by atoms with Crippen LogP contribution in [0.4, 0.5) is 11.5 Å². The Kier molecular flexibility index (Phi) is 8.40. The summed E-state index contributed by atoms with van der Waals surface area (Å²) in [5.41, 5.74) is 6.50. The molecular formula is C34H35N7O9S. The fourth-order valence-corrected chi connectivity index (χ4v) is 8.59. The summed E-state index contributed by atoms with van der Waals surface area (Å²) in [6, 6.07) is 11.8. The van der Waals surface area contributed by atoms with Gasteiger partial charge in [0.05, 0.1) is 34.7 Å². The Morgan fingerprint density at radius 1 is 1.00 bits per heavy atom. The Bertz CT molecular complexity index is 2080. The van der Waals surface area contributed by atoms with Crippen LogP contribution in [0, 0.1) is 10.8 Å². The second-order valence-corrected chi connectivity index (χ2v) is 15.9. The number of para-hydroxylation sites is 1. The lowest BCUT2D eigenvalue weighted by Crippen LogP contribution is -2.69. The highest BCUT2D eigenvalue weighted by Gasteiger charge is 2.71. The van der Waals surface area contributed by atoms with Crippen LogP contribution in [0.15, 0.2) is 48.5 Å². The minimum atomic E-state index is -3.61. The molecule has 8 rings (SSSR count). The molecule has 266 valence electrons. The van der Waals surface area contributed by atoms with Gasteiger partial charge in [0.25, 0.3) is 11.8 Å². The fourth-order valence-electron chi connectivity index (χ4n) is 7.56. The Hall–Kier alpha value is -5.58. The summed E-state index contributed by atoms with van der Waals surface area (Å²) in [7, 11) is -3.61. The number of ether oxygens (including phenoxy) is 1. The van der Waals surface area contributed by atoms with E-state index in [1.807, 2.05) is 0 Å². The van der Waals surface area contributed by atoms with Gasteiger partial charge in [0.1, 0.15) is 17.5 Å². The standard InChI is InChI=1S/C34H35N7O9S/c35-28-25(14-22(39-40-28)19-4-1-2-7-24(19)42)50-18-33-15-34(16-33,17-33)32(47)37-11-13-51(48,49)12-10-36-21-6-3-5-20-27(21)31(46)41(30(20)45)23-8-9-26(43)38-29(23)44/h1-7,14,23,36,42H,8-13,15-18H2,(H2,35,40)(H,37,47)(H,38,43,44). The van der Waals surface area contributed by atoms with Crippen molar-refractivity contribution in [3.05, 3.63) is 59.7 Å². The van der Waals surface area contributed by atoms with Gasteiger partial charge in [-0.1, -0.05) is 18.2 Å². The number of fused-ring (bicyclic) bond motifs is 1. The first-order valence-electron chi connectivity index (χ1n) is 16.4. The number of phenolic OH excluding ortho intramolecular Hbond substituents is 1. The van der Waals surface area contributed by atoms with Crippen LogP contribution in [-0.4, -0.2) is 95.4 Å². The number of nitrogens with one attached hydrogen (secondary N) is 3. The molecule has 1 unspecified atom stereocenters. The van der Waals surface area contributed by atoms with Crippen LogP contribution >= 0.6 is 0 Å². The maximum Gasteiger partial charge on any atom is 0.264 e. The maximum atomic E-state index is 13.3. The molecule has 5 aliphatic rings. The molecule has 3 heterocycles. The van der Waals surface area contributed by atoms with Gasteiger partial charge in [-0.05, 0) is 49.9 Å². The number of nitrogens with zero attached hydrogens (tertiary/aromatic N) is 3. The molecule has 3 saturated carbocycles. The molecule has 2 aromatic carbocycles. The highest BCUT2D eigenvalue weighted by molar-refractivity contribution is 7.91. The van der Waals surface area contributed by atoms with Crippen molar-refractivity contribution in [2.45, 2.75) is 38.1 Å². The maximum absolute atomic E-state index is 13.3. The first-order chi connectivity index (χ1) is 24.3.